The number of carbonyl (C=O) groups excluding carboxylic acids is 1. The van der Waals surface area contributed by atoms with E-state index in [1.54, 1.807) is 0 Å². The fraction of sp³-hybridized carbons (Fsp3) is 0.833. The Bertz CT molecular complexity index is 124. The Morgan fingerprint density at radius 1 is 1.09 bits per heavy atom. The number of aldehydes is 1. The second-order valence-electron chi connectivity index (χ2n) is 2.35. The monoisotopic (exact) mass is 164 g/mol. The van der Waals surface area contributed by atoms with Crippen LogP contribution in [0.5, 0.6) is 0 Å². The van der Waals surface area contributed by atoms with E-state index in [1.165, 1.54) is 6.92 Å². The third kappa shape index (κ3) is 2.94. The maximum absolute atomic E-state index is 9.87. The Kier molecular flexibility index (Phi) is 4.20. The maximum Gasteiger partial charge on any atom is 0.151 e. The van der Waals surface area contributed by atoms with Crippen molar-refractivity contribution in [2.24, 2.45) is 0 Å². The van der Waals surface area contributed by atoms with Crippen LogP contribution in [-0.4, -0.2) is 51.1 Å². The predicted molar refractivity (Wildman–Crippen MR) is 35.8 cm³/mol. The van der Waals surface area contributed by atoms with Gasteiger partial charge in [0.15, 0.2) is 6.29 Å². The van der Waals surface area contributed by atoms with E-state index in [2.05, 4.69) is 0 Å². The summed E-state index contributed by atoms with van der Waals surface area (Å²) in [6, 6.07) is 0. The van der Waals surface area contributed by atoms with Gasteiger partial charge in [0.25, 0.3) is 0 Å². The lowest BCUT2D eigenvalue weighted by Crippen LogP contribution is -2.43. The van der Waals surface area contributed by atoms with Gasteiger partial charge in [0.05, 0.1) is 6.10 Å². The van der Waals surface area contributed by atoms with Crippen molar-refractivity contribution in [1.82, 2.24) is 0 Å². The van der Waals surface area contributed by atoms with Gasteiger partial charge < -0.3 is 25.2 Å². The van der Waals surface area contributed by atoms with Crippen LogP contribution >= 0.6 is 0 Å². The molecule has 11 heavy (non-hydrogen) atoms. The molecule has 0 aliphatic rings. The standard InChI is InChI=1S/C6H12O5/c1-3(8)5(10)6(11)4(9)2-7/h2-6,8-11H,1H3/t3-,4+,5-,6+/m1/s1. The van der Waals surface area contributed by atoms with Gasteiger partial charge in [-0.3, -0.25) is 0 Å². The topological polar surface area (TPSA) is 98.0 Å². The first-order valence-corrected chi connectivity index (χ1v) is 3.18. The van der Waals surface area contributed by atoms with Gasteiger partial charge in [0, 0.05) is 0 Å². The summed E-state index contributed by atoms with van der Waals surface area (Å²) < 4.78 is 0. The van der Waals surface area contributed by atoms with Gasteiger partial charge >= 0.3 is 0 Å². The summed E-state index contributed by atoms with van der Waals surface area (Å²) in [7, 11) is 0. The highest BCUT2D eigenvalue weighted by atomic mass is 16.4. The Hall–Kier alpha value is -0.490. The zero-order valence-electron chi connectivity index (χ0n) is 6.08. The lowest BCUT2D eigenvalue weighted by atomic mass is 10.1. The number of aliphatic hydroxyl groups excluding tert-OH is 4. The Morgan fingerprint density at radius 2 is 1.55 bits per heavy atom. The normalized spacial score (nSPS) is 21.9. The summed E-state index contributed by atoms with van der Waals surface area (Å²) in [5.41, 5.74) is 0. The lowest BCUT2D eigenvalue weighted by Gasteiger charge is -2.21. The van der Waals surface area contributed by atoms with Gasteiger partial charge in [-0.2, -0.15) is 0 Å². The van der Waals surface area contributed by atoms with Crippen molar-refractivity contribution in [1.29, 1.82) is 0 Å². The van der Waals surface area contributed by atoms with Crippen LogP contribution in [0.4, 0.5) is 0 Å². The van der Waals surface area contributed by atoms with Gasteiger partial charge in [0.2, 0.25) is 0 Å². The molecule has 0 saturated heterocycles. The fourth-order valence-electron chi connectivity index (χ4n) is 0.568. The third-order valence-electron chi connectivity index (χ3n) is 1.33. The minimum Gasteiger partial charge on any atom is -0.391 e. The van der Waals surface area contributed by atoms with Crippen LogP contribution in [-0.2, 0) is 4.79 Å². The van der Waals surface area contributed by atoms with E-state index < -0.39 is 24.4 Å². The van der Waals surface area contributed by atoms with Crippen LogP contribution in [0.1, 0.15) is 6.92 Å². The second-order valence-corrected chi connectivity index (χ2v) is 2.35. The minimum atomic E-state index is -1.65. The SMILES string of the molecule is C[C@@H](O)[C@@H](O)[C@@H](O)[C@@H](O)C=O. The van der Waals surface area contributed by atoms with Crippen LogP contribution in [0.2, 0.25) is 0 Å². The molecule has 0 bridgehead atoms. The van der Waals surface area contributed by atoms with Crippen molar-refractivity contribution in [2.45, 2.75) is 31.3 Å². The molecule has 0 fully saturated rings. The summed E-state index contributed by atoms with van der Waals surface area (Å²) in [5.74, 6) is 0. The zero-order valence-corrected chi connectivity index (χ0v) is 6.08. The molecule has 5 nitrogen and oxygen atoms in total. The van der Waals surface area contributed by atoms with E-state index in [0.29, 0.717) is 0 Å². The van der Waals surface area contributed by atoms with Crippen molar-refractivity contribution >= 4 is 6.29 Å². The first kappa shape index (κ1) is 10.5. The first-order valence-electron chi connectivity index (χ1n) is 3.18. The van der Waals surface area contributed by atoms with Crippen LogP contribution in [0.25, 0.3) is 0 Å². The molecular weight excluding hydrogens is 152 g/mol. The second kappa shape index (κ2) is 4.40. The number of carbonyl (C=O) groups is 1. The molecule has 0 amide bonds. The van der Waals surface area contributed by atoms with E-state index in [0.717, 1.165) is 0 Å². The molecule has 0 aromatic rings. The molecule has 0 aromatic heterocycles. The lowest BCUT2D eigenvalue weighted by molar-refractivity contribution is -0.132. The van der Waals surface area contributed by atoms with Crippen LogP contribution in [0.15, 0.2) is 0 Å². The van der Waals surface area contributed by atoms with Gasteiger partial charge in [-0.25, -0.2) is 0 Å². The molecule has 5 heteroatoms. The molecule has 0 radical (unpaired) electrons. The Labute approximate surface area is 63.9 Å². The smallest absolute Gasteiger partial charge is 0.151 e. The van der Waals surface area contributed by atoms with Crippen molar-refractivity contribution in [3.05, 3.63) is 0 Å². The number of hydrogen-bond acceptors (Lipinski definition) is 5. The van der Waals surface area contributed by atoms with Crippen molar-refractivity contribution in [3.8, 4) is 0 Å². The number of aliphatic hydroxyl groups is 4. The molecule has 4 atom stereocenters. The average Bonchev–Trinajstić information content (AvgIpc) is 2.00. The van der Waals surface area contributed by atoms with Gasteiger partial charge in [0.1, 0.15) is 18.3 Å². The van der Waals surface area contributed by atoms with E-state index in [9.17, 15) is 4.79 Å². The molecule has 0 heterocycles. The minimum absolute atomic E-state index is 0.0935. The van der Waals surface area contributed by atoms with E-state index in [-0.39, 0.29) is 6.29 Å². The molecular formula is C6H12O5. The molecule has 0 aliphatic carbocycles. The average molecular weight is 164 g/mol. The molecule has 66 valence electrons. The van der Waals surface area contributed by atoms with Crippen LogP contribution < -0.4 is 0 Å². The number of hydrogen-bond donors (Lipinski definition) is 4. The maximum atomic E-state index is 9.87. The summed E-state index contributed by atoms with van der Waals surface area (Å²) in [4.78, 5) is 9.87. The molecule has 0 spiro atoms. The summed E-state index contributed by atoms with van der Waals surface area (Å²) in [6.45, 7) is 1.24. The predicted octanol–water partition coefficient (Wildman–Crippen LogP) is -2.35. The molecule has 0 rings (SSSR count). The summed E-state index contributed by atoms with van der Waals surface area (Å²) in [5, 5.41) is 35.1. The van der Waals surface area contributed by atoms with Gasteiger partial charge in [-0.05, 0) is 6.92 Å². The molecule has 0 unspecified atom stereocenters. The highest BCUT2D eigenvalue weighted by Gasteiger charge is 2.27. The van der Waals surface area contributed by atoms with Crippen LogP contribution in [0.3, 0.4) is 0 Å². The largest absolute Gasteiger partial charge is 0.391 e. The van der Waals surface area contributed by atoms with Gasteiger partial charge in [-0.1, -0.05) is 0 Å². The zero-order chi connectivity index (χ0) is 9.02. The van der Waals surface area contributed by atoms with E-state index in [4.69, 9.17) is 20.4 Å². The quantitative estimate of drug-likeness (QED) is 0.349. The third-order valence-corrected chi connectivity index (χ3v) is 1.33. The highest BCUT2D eigenvalue weighted by Crippen LogP contribution is 2.02. The van der Waals surface area contributed by atoms with Crippen LogP contribution in [0, 0.1) is 0 Å². The van der Waals surface area contributed by atoms with Crippen molar-refractivity contribution in [2.75, 3.05) is 0 Å². The fourth-order valence-corrected chi connectivity index (χ4v) is 0.568. The van der Waals surface area contributed by atoms with E-state index in [1.807, 2.05) is 0 Å². The number of rotatable bonds is 4. The van der Waals surface area contributed by atoms with Crippen molar-refractivity contribution < 1.29 is 25.2 Å². The molecule has 0 aromatic carbocycles. The Morgan fingerprint density at radius 3 is 1.82 bits per heavy atom. The molecule has 0 aliphatic heterocycles. The van der Waals surface area contributed by atoms with Crippen molar-refractivity contribution in [3.63, 3.8) is 0 Å². The summed E-state index contributed by atoms with van der Waals surface area (Å²) in [6.07, 6.45) is -5.88. The molecule has 4 N–H and O–H groups in total. The van der Waals surface area contributed by atoms with Gasteiger partial charge in [-0.15, -0.1) is 0 Å². The molecule has 0 saturated carbocycles. The Balaban J connectivity index is 4.00. The van der Waals surface area contributed by atoms with E-state index >= 15 is 0 Å². The highest BCUT2D eigenvalue weighted by molar-refractivity contribution is 5.56. The first-order chi connectivity index (χ1) is 5.00. The summed E-state index contributed by atoms with van der Waals surface area (Å²) >= 11 is 0.